The Morgan fingerprint density at radius 1 is 1.12 bits per heavy atom. The molecule has 1 aliphatic rings. The van der Waals surface area contributed by atoms with E-state index in [1.165, 1.54) is 23.0 Å². The van der Waals surface area contributed by atoms with E-state index in [-0.39, 0.29) is 35.3 Å². The lowest BCUT2D eigenvalue weighted by Gasteiger charge is -2.15. The van der Waals surface area contributed by atoms with Crippen LogP contribution in [0.1, 0.15) is 50.1 Å². The van der Waals surface area contributed by atoms with Crippen molar-refractivity contribution in [2.75, 3.05) is 0 Å². The van der Waals surface area contributed by atoms with Crippen molar-refractivity contribution in [3.63, 3.8) is 0 Å². The number of amides is 2. The quantitative estimate of drug-likeness (QED) is 0.270. The SMILES string of the molecule is Cn1nnnc1-c1ccc2c(c1)CC[C@@H]2NC(=O)c1cc(C(=O)NCc2ccc(F)c(OC(F)(F)F)c2)nc2ncnn12. The number of benzene rings is 2. The molecule has 6 rings (SSSR count). The molecular weight excluding hydrogens is 576 g/mol. The van der Waals surface area contributed by atoms with Gasteiger partial charge >= 0.3 is 6.36 Å². The lowest BCUT2D eigenvalue weighted by molar-refractivity contribution is -0.275. The normalized spacial score (nSPS) is 14.5. The van der Waals surface area contributed by atoms with Crippen molar-refractivity contribution >= 4 is 17.6 Å². The van der Waals surface area contributed by atoms with Gasteiger partial charge in [0.25, 0.3) is 17.6 Å². The van der Waals surface area contributed by atoms with Gasteiger partial charge in [0.1, 0.15) is 17.7 Å². The molecule has 17 heteroatoms. The second kappa shape index (κ2) is 10.7. The number of carbonyl (C=O) groups is 2. The third kappa shape index (κ3) is 5.68. The highest BCUT2D eigenvalue weighted by atomic mass is 19.4. The fourth-order valence-electron chi connectivity index (χ4n) is 4.84. The van der Waals surface area contributed by atoms with Crippen LogP contribution in [-0.2, 0) is 20.0 Å². The molecule has 3 aromatic heterocycles. The number of halogens is 4. The number of aryl methyl sites for hydroxylation is 2. The fourth-order valence-corrected chi connectivity index (χ4v) is 4.84. The average Bonchev–Trinajstić information content (AvgIpc) is 3.71. The Balaban J connectivity index is 1.19. The Labute approximate surface area is 238 Å². The van der Waals surface area contributed by atoms with Crippen LogP contribution in [0.25, 0.3) is 17.2 Å². The van der Waals surface area contributed by atoms with Gasteiger partial charge in [-0.05, 0) is 58.2 Å². The fraction of sp³-hybridized carbons (Fsp3) is 0.231. The number of ether oxygens (including phenoxy) is 1. The predicted molar refractivity (Wildman–Crippen MR) is 138 cm³/mol. The lowest BCUT2D eigenvalue weighted by Crippen LogP contribution is -2.30. The third-order valence-electron chi connectivity index (χ3n) is 6.80. The second-order valence-corrected chi connectivity index (χ2v) is 9.60. The zero-order valence-corrected chi connectivity index (χ0v) is 22.1. The Morgan fingerprint density at radius 3 is 2.72 bits per heavy atom. The van der Waals surface area contributed by atoms with Gasteiger partial charge in [0, 0.05) is 25.2 Å². The molecule has 0 fully saturated rings. The van der Waals surface area contributed by atoms with E-state index in [1.54, 1.807) is 11.7 Å². The maximum Gasteiger partial charge on any atom is 0.573 e. The molecular formula is C26H20F4N10O3. The summed E-state index contributed by atoms with van der Waals surface area (Å²) in [5.41, 5.74) is 2.75. The summed E-state index contributed by atoms with van der Waals surface area (Å²) in [6.07, 6.45) is -2.57. The molecule has 2 amide bonds. The highest BCUT2D eigenvalue weighted by Crippen LogP contribution is 2.34. The summed E-state index contributed by atoms with van der Waals surface area (Å²) in [5.74, 6) is -2.93. The van der Waals surface area contributed by atoms with Crippen LogP contribution in [0.5, 0.6) is 5.75 Å². The molecule has 0 bridgehead atoms. The largest absolute Gasteiger partial charge is 0.573 e. The van der Waals surface area contributed by atoms with Crippen molar-refractivity contribution < 1.29 is 31.9 Å². The summed E-state index contributed by atoms with van der Waals surface area (Å²) in [5, 5.41) is 21.1. The molecule has 5 aromatic rings. The number of nitrogens with one attached hydrogen (secondary N) is 2. The number of hydrogen-bond donors (Lipinski definition) is 2. The van der Waals surface area contributed by atoms with Gasteiger partial charge in [-0.1, -0.05) is 18.2 Å². The number of tetrazole rings is 1. The minimum Gasteiger partial charge on any atom is -0.403 e. The maximum atomic E-state index is 13.7. The minimum atomic E-state index is -5.09. The molecule has 3 heterocycles. The number of nitrogens with zero attached hydrogens (tertiary/aromatic N) is 8. The predicted octanol–water partition coefficient (Wildman–Crippen LogP) is 2.70. The Morgan fingerprint density at radius 2 is 1.95 bits per heavy atom. The van der Waals surface area contributed by atoms with Gasteiger partial charge < -0.3 is 15.4 Å². The summed E-state index contributed by atoms with van der Waals surface area (Å²) >= 11 is 0. The highest BCUT2D eigenvalue weighted by Gasteiger charge is 2.32. The van der Waals surface area contributed by atoms with E-state index >= 15 is 0 Å². The summed E-state index contributed by atoms with van der Waals surface area (Å²) in [4.78, 5) is 34.5. The summed E-state index contributed by atoms with van der Waals surface area (Å²) < 4.78 is 57.8. The Hall–Kier alpha value is -5.48. The first-order valence-corrected chi connectivity index (χ1v) is 12.8. The van der Waals surface area contributed by atoms with E-state index in [1.807, 2.05) is 18.2 Å². The monoisotopic (exact) mass is 596 g/mol. The minimum absolute atomic E-state index is 0.00877. The van der Waals surface area contributed by atoms with Crippen molar-refractivity contribution in [2.45, 2.75) is 31.8 Å². The van der Waals surface area contributed by atoms with Crippen LogP contribution in [0.4, 0.5) is 17.6 Å². The van der Waals surface area contributed by atoms with Crippen molar-refractivity contribution in [1.82, 2.24) is 50.4 Å². The summed E-state index contributed by atoms with van der Waals surface area (Å²) in [6.45, 7) is -0.278. The van der Waals surface area contributed by atoms with E-state index in [4.69, 9.17) is 0 Å². The van der Waals surface area contributed by atoms with Crippen LogP contribution < -0.4 is 15.4 Å². The van der Waals surface area contributed by atoms with Crippen LogP contribution in [0.2, 0.25) is 0 Å². The van der Waals surface area contributed by atoms with E-state index in [0.29, 0.717) is 18.7 Å². The average molecular weight is 597 g/mol. The van der Waals surface area contributed by atoms with Gasteiger partial charge in [-0.25, -0.2) is 14.1 Å². The van der Waals surface area contributed by atoms with E-state index < -0.39 is 29.7 Å². The van der Waals surface area contributed by atoms with Crippen LogP contribution in [0.3, 0.4) is 0 Å². The molecule has 220 valence electrons. The van der Waals surface area contributed by atoms with Gasteiger partial charge in [0.15, 0.2) is 17.4 Å². The molecule has 0 spiro atoms. The van der Waals surface area contributed by atoms with Crippen LogP contribution in [0, 0.1) is 5.82 Å². The van der Waals surface area contributed by atoms with Crippen molar-refractivity contribution in [1.29, 1.82) is 0 Å². The van der Waals surface area contributed by atoms with Gasteiger partial charge in [0.2, 0.25) is 0 Å². The first-order valence-electron chi connectivity index (χ1n) is 12.8. The van der Waals surface area contributed by atoms with Crippen LogP contribution in [0.15, 0.2) is 48.8 Å². The van der Waals surface area contributed by atoms with Crippen LogP contribution >= 0.6 is 0 Å². The molecule has 0 radical (unpaired) electrons. The summed E-state index contributed by atoms with van der Waals surface area (Å²) in [7, 11) is 1.74. The number of hydrogen-bond acceptors (Lipinski definition) is 9. The third-order valence-corrected chi connectivity index (χ3v) is 6.80. The van der Waals surface area contributed by atoms with Crippen molar-refractivity contribution in [3.05, 3.63) is 82.7 Å². The molecule has 0 aliphatic heterocycles. The summed E-state index contributed by atoms with van der Waals surface area (Å²) in [6, 6.07) is 9.49. The Bertz CT molecular complexity index is 1870. The first-order chi connectivity index (χ1) is 20.6. The van der Waals surface area contributed by atoms with Crippen LogP contribution in [-0.4, -0.2) is 58.0 Å². The molecule has 1 aliphatic carbocycles. The molecule has 0 unspecified atom stereocenters. The smallest absolute Gasteiger partial charge is 0.403 e. The molecule has 2 N–H and O–H groups in total. The Kier molecular flexibility index (Phi) is 6.91. The van der Waals surface area contributed by atoms with E-state index in [0.717, 1.165) is 28.8 Å². The zero-order valence-electron chi connectivity index (χ0n) is 22.1. The topological polar surface area (TPSA) is 154 Å². The molecule has 1 atom stereocenters. The molecule has 43 heavy (non-hydrogen) atoms. The number of rotatable bonds is 7. The number of alkyl halides is 3. The number of aromatic nitrogens is 8. The van der Waals surface area contributed by atoms with E-state index in [2.05, 4.69) is 46.0 Å². The number of carbonyl (C=O) groups excluding carboxylic acids is 2. The maximum absolute atomic E-state index is 13.7. The van der Waals surface area contributed by atoms with Gasteiger partial charge in [0.05, 0.1) is 6.04 Å². The molecule has 0 saturated heterocycles. The van der Waals surface area contributed by atoms with Gasteiger partial charge in [-0.3, -0.25) is 9.59 Å². The van der Waals surface area contributed by atoms with E-state index in [9.17, 15) is 27.2 Å². The molecule has 2 aromatic carbocycles. The first kappa shape index (κ1) is 27.7. The van der Waals surface area contributed by atoms with Crippen molar-refractivity contribution in [2.24, 2.45) is 7.05 Å². The van der Waals surface area contributed by atoms with Gasteiger partial charge in [-0.15, -0.1) is 18.3 Å². The molecule has 0 saturated carbocycles. The van der Waals surface area contributed by atoms with Gasteiger partial charge in [-0.2, -0.15) is 14.6 Å². The lowest BCUT2D eigenvalue weighted by atomic mass is 10.0. The standard InChI is InChI=1S/C26H20F4N10O3/c1-39-22(36-37-38-39)15-3-5-16-14(9-15)4-7-18(16)34-24(42)20-10-19(35-25-32-12-33-40(20)25)23(41)31-11-13-2-6-17(27)21(8-13)43-26(28,29)30/h2-3,5-6,8-10,12,18H,4,7,11H2,1H3,(H,31,41)(H,34,42)/t18-/m0/s1. The van der Waals surface area contributed by atoms with Crippen molar-refractivity contribution in [3.8, 4) is 17.1 Å². The zero-order chi connectivity index (χ0) is 30.3. The highest BCUT2D eigenvalue weighted by molar-refractivity contribution is 5.98. The molecule has 13 nitrogen and oxygen atoms in total. The number of fused-ring (bicyclic) bond motifs is 2. The second-order valence-electron chi connectivity index (χ2n) is 9.60.